The molecule has 0 heterocycles. The number of amides is 1. The second kappa shape index (κ2) is 5.36. The summed E-state index contributed by atoms with van der Waals surface area (Å²) in [5.41, 5.74) is 11.4. The second-order valence-electron chi connectivity index (χ2n) is 3.19. The van der Waals surface area contributed by atoms with Crippen LogP contribution in [0.4, 0.5) is 5.69 Å². The highest BCUT2D eigenvalue weighted by Gasteiger charge is 2.12. The molecule has 4 N–H and O–H groups in total. The van der Waals surface area contributed by atoms with Crippen LogP contribution in [-0.4, -0.2) is 19.0 Å². The molecule has 1 aromatic rings. The van der Waals surface area contributed by atoms with Gasteiger partial charge in [-0.05, 0) is 23.8 Å². The highest BCUT2D eigenvalue weighted by molar-refractivity contribution is 6.32. The van der Waals surface area contributed by atoms with E-state index in [1.165, 1.54) is 25.3 Å². The molecule has 1 aromatic carbocycles. The van der Waals surface area contributed by atoms with Crippen molar-refractivity contribution in [3.05, 3.63) is 34.4 Å². The highest BCUT2D eigenvalue weighted by Crippen LogP contribution is 2.25. The Kier molecular flexibility index (Phi) is 4.12. The lowest BCUT2D eigenvalue weighted by Crippen LogP contribution is -2.07. The summed E-state index contributed by atoms with van der Waals surface area (Å²) in [6.45, 7) is 0. The van der Waals surface area contributed by atoms with Crippen LogP contribution in [0.5, 0.6) is 0 Å². The highest BCUT2D eigenvalue weighted by atomic mass is 35.5. The van der Waals surface area contributed by atoms with Gasteiger partial charge in [0.2, 0.25) is 5.91 Å². The van der Waals surface area contributed by atoms with Crippen LogP contribution in [0, 0.1) is 0 Å². The van der Waals surface area contributed by atoms with Crippen LogP contribution in [0.2, 0.25) is 5.02 Å². The lowest BCUT2D eigenvalue weighted by atomic mass is 10.1. The molecule has 0 spiro atoms. The Bertz CT molecular complexity index is 498. The molecule has 0 atom stereocenters. The van der Waals surface area contributed by atoms with E-state index in [1.54, 1.807) is 0 Å². The van der Waals surface area contributed by atoms with Crippen LogP contribution in [0.3, 0.4) is 0 Å². The number of nitrogens with two attached hydrogens (primary N) is 2. The number of esters is 1. The first-order chi connectivity index (χ1) is 7.95. The van der Waals surface area contributed by atoms with Crippen molar-refractivity contribution in [1.29, 1.82) is 0 Å². The van der Waals surface area contributed by atoms with Crippen molar-refractivity contribution in [3.8, 4) is 0 Å². The zero-order valence-electron chi connectivity index (χ0n) is 9.07. The lowest BCUT2D eigenvalue weighted by Gasteiger charge is -2.06. The number of ether oxygens (including phenoxy) is 1. The molecular weight excluding hydrogens is 244 g/mol. The van der Waals surface area contributed by atoms with E-state index in [4.69, 9.17) is 23.1 Å². The number of nitrogen functional groups attached to an aromatic ring is 1. The average molecular weight is 255 g/mol. The average Bonchev–Trinajstić information content (AvgIpc) is 2.26. The van der Waals surface area contributed by atoms with Gasteiger partial charge in [0, 0.05) is 16.8 Å². The van der Waals surface area contributed by atoms with Crippen molar-refractivity contribution in [2.24, 2.45) is 5.73 Å². The monoisotopic (exact) mass is 254 g/mol. The Morgan fingerprint density at radius 3 is 2.59 bits per heavy atom. The van der Waals surface area contributed by atoms with Crippen LogP contribution in [0.1, 0.15) is 15.9 Å². The van der Waals surface area contributed by atoms with E-state index in [0.717, 1.165) is 6.08 Å². The van der Waals surface area contributed by atoms with Gasteiger partial charge in [-0.15, -0.1) is 0 Å². The molecule has 0 fully saturated rings. The molecule has 0 saturated carbocycles. The Labute approximate surface area is 103 Å². The lowest BCUT2D eigenvalue weighted by molar-refractivity contribution is -0.113. The molecule has 0 aliphatic carbocycles. The molecule has 0 radical (unpaired) electrons. The van der Waals surface area contributed by atoms with E-state index in [-0.39, 0.29) is 11.3 Å². The van der Waals surface area contributed by atoms with Gasteiger partial charge in [-0.3, -0.25) is 4.79 Å². The quantitative estimate of drug-likeness (QED) is 0.481. The van der Waals surface area contributed by atoms with Crippen molar-refractivity contribution < 1.29 is 14.3 Å². The Balaban J connectivity index is 3.23. The van der Waals surface area contributed by atoms with E-state index < -0.39 is 11.9 Å². The summed E-state index contributed by atoms with van der Waals surface area (Å²) in [4.78, 5) is 22.0. The molecule has 0 aliphatic heterocycles. The molecule has 1 rings (SSSR count). The maximum absolute atomic E-state index is 11.4. The molecule has 0 bridgehead atoms. The van der Waals surface area contributed by atoms with Gasteiger partial charge in [-0.2, -0.15) is 0 Å². The first-order valence-corrected chi connectivity index (χ1v) is 4.98. The Hall–Kier alpha value is -2.01. The standard InChI is InChI=1S/C11H11ClN2O3/c1-17-11(16)7-4-6(2-3-10(14)15)8(12)5-9(7)13/h2-5H,13H2,1H3,(H2,14,15). The maximum Gasteiger partial charge on any atom is 0.339 e. The second-order valence-corrected chi connectivity index (χ2v) is 3.60. The topological polar surface area (TPSA) is 95.4 Å². The summed E-state index contributed by atoms with van der Waals surface area (Å²) in [5, 5.41) is 0.313. The largest absolute Gasteiger partial charge is 0.465 e. The van der Waals surface area contributed by atoms with Crippen LogP contribution in [-0.2, 0) is 9.53 Å². The number of primary amides is 1. The molecule has 1 amide bonds. The number of carbonyl (C=O) groups excluding carboxylic acids is 2. The molecule has 0 aromatic heterocycles. The van der Waals surface area contributed by atoms with Crippen LogP contribution in [0.15, 0.2) is 18.2 Å². The van der Waals surface area contributed by atoms with E-state index in [2.05, 4.69) is 4.74 Å². The van der Waals surface area contributed by atoms with Crippen LogP contribution >= 0.6 is 11.6 Å². The third-order valence-electron chi connectivity index (χ3n) is 2.00. The number of halogens is 1. The minimum atomic E-state index is -0.613. The summed E-state index contributed by atoms with van der Waals surface area (Å²) >= 11 is 5.90. The molecule has 0 saturated heterocycles. The fourth-order valence-corrected chi connectivity index (χ4v) is 1.43. The van der Waals surface area contributed by atoms with Gasteiger partial charge >= 0.3 is 5.97 Å². The molecule has 5 nitrogen and oxygen atoms in total. The number of hydrogen-bond donors (Lipinski definition) is 2. The van der Waals surface area contributed by atoms with Crippen molar-refractivity contribution in [3.63, 3.8) is 0 Å². The predicted octanol–water partition coefficient (Wildman–Crippen LogP) is 1.21. The van der Waals surface area contributed by atoms with Gasteiger partial charge in [0.15, 0.2) is 0 Å². The molecule has 0 aliphatic rings. The molecule has 0 unspecified atom stereocenters. The normalized spacial score (nSPS) is 10.5. The minimum Gasteiger partial charge on any atom is -0.465 e. The summed E-state index contributed by atoms with van der Waals surface area (Å²) in [5.74, 6) is -1.19. The summed E-state index contributed by atoms with van der Waals surface area (Å²) in [6.07, 6.45) is 2.54. The Morgan fingerprint density at radius 2 is 2.06 bits per heavy atom. The maximum atomic E-state index is 11.4. The Morgan fingerprint density at radius 1 is 1.41 bits per heavy atom. The van der Waals surface area contributed by atoms with E-state index in [1.807, 2.05) is 0 Å². The number of benzene rings is 1. The van der Waals surface area contributed by atoms with Gasteiger partial charge in [-0.25, -0.2) is 4.79 Å². The fourth-order valence-electron chi connectivity index (χ4n) is 1.19. The van der Waals surface area contributed by atoms with Crippen LogP contribution < -0.4 is 11.5 Å². The number of rotatable bonds is 3. The smallest absolute Gasteiger partial charge is 0.339 e. The zero-order valence-corrected chi connectivity index (χ0v) is 9.82. The number of hydrogen-bond acceptors (Lipinski definition) is 4. The van der Waals surface area contributed by atoms with Crippen molar-refractivity contribution in [2.45, 2.75) is 0 Å². The van der Waals surface area contributed by atoms with E-state index in [9.17, 15) is 9.59 Å². The zero-order chi connectivity index (χ0) is 13.0. The SMILES string of the molecule is COC(=O)c1cc(C=CC(N)=O)c(Cl)cc1N. The van der Waals surface area contributed by atoms with E-state index >= 15 is 0 Å². The number of carbonyl (C=O) groups is 2. The third-order valence-corrected chi connectivity index (χ3v) is 2.33. The molecule has 17 heavy (non-hydrogen) atoms. The first-order valence-electron chi connectivity index (χ1n) is 4.60. The first kappa shape index (κ1) is 13.1. The van der Waals surface area contributed by atoms with Gasteiger partial charge in [0.25, 0.3) is 0 Å². The number of methoxy groups -OCH3 is 1. The summed E-state index contributed by atoms with van der Waals surface area (Å²) < 4.78 is 4.56. The van der Waals surface area contributed by atoms with Crippen molar-refractivity contribution >= 4 is 35.2 Å². The molecule has 6 heteroatoms. The van der Waals surface area contributed by atoms with Crippen molar-refractivity contribution in [1.82, 2.24) is 0 Å². The molecular formula is C11H11ClN2O3. The fraction of sp³-hybridized carbons (Fsp3) is 0.0909. The summed E-state index contributed by atoms with van der Waals surface area (Å²) in [7, 11) is 1.25. The number of anilines is 1. The van der Waals surface area contributed by atoms with Crippen LogP contribution in [0.25, 0.3) is 6.08 Å². The molecule has 90 valence electrons. The van der Waals surface area contributed by atoms with Gasteiger partial charge in [0.05, 0.1) is 12.7 Å². The minimum absolute atomic E-state index is 0.182. The van der Waals surface area contributed by atoms with E-state index in [0.29, 0.717) is 10.6 Å². The van der Waals surface area contributed by atoms with Gasteiger partial charge in [-0.1, -0.05) is 11.6 Å². The van der Waals surface area contributed by atoms with Crippen molar-refractivity contribution in [2.75, 3.05) is 12.8 Å². The summed E-state index contributed by atoms with van der Waals surface area (Å²) in [6, 6.07) is 2.84. The van der Waals surface area contributed by atoms with Gasteiger partial charge in [0.1, 0.15) is 0 Å². The predicted molar refractivity (Wildman–Crippen MR) is 65.4 cm³/mol. The third kappa shape index (κ3) is 3.22. The van der Waals surface area contributed by atoms with Gasteiger partial charge < -0.3 is 16.2 Å².